The summed E-state index contributed by atoms with van der Waals surface area (Å²) in [5.41, 5.74) is -0.677. The van der Waals surface area contributed by atoms with Crippen LogP contribution in [-0.4, -0.2) is 29.0 Å². The molecule has 1 aliphatic rings. The highest BCUT2D eigenvalue weighted by atomic mass is 16.6. The zero-order valence-corrected chi connectivity index (χ0v) is 12.4. The Morgan fingerprint density at radius 3 is 2.75 bits per heavy atom. The lowest BCUT2D eigenvalue weighted by molar-refractivity contribution is -0.130. The number of cyclic esters (lactones) is 1. The zero-order chi connectivity index (χ0) is 15.0. The quantitative estimate of drug-likeness (QED) is 0.476. The van der Waals surface area contributed by atoms with Gasteiger partial charge < -0.3 is 4.74 Å². The summed E-state index contributed by atoms with van der Waals surface area (Å²) in [4.78, 5) is 25.4. The van der Waals surface area contributed by atoms with E-state index in [0.717, 1.165) is 32.1 Å². The topological polar surface area (TPSA) is 46.6 Å². The van der Waals surface area contributed by atoms with Gasteiger partial charge in [0, 0.05) is 6.42 Å². The van der Waals surface area contributed by atoms with Crippen LogP contribution in [-0.2, 0) is 9.53 Å². The number of nitrogens with zero attached hydrogens (tertiary/aromatic N) is 1. The molecule has 0 aromatic heterocycles. The Kier molecular flexibility index (Phi) is 6.49. The van der Waals surface area contributed by atoms with E-state index in [2.05, 4.69) is 20.1 Å². The van der Waals surface area contributed by atoms with Crippen LogP contribution in [0.5, 0.6) is 0 Å². The summed E-state index contributed by atoms with van der Waals surface area (Å²) >= 11 is 0. The summed E-state index contributed by atoms with van der Waals surface area (Å²) in [6.07, 6.45) is 8.58. The van der Waals surface area contributed by atoms with E-state index in [0.29, 0.717) is 12.8 Å². The molecule has 0 saturated carbocycles. The number of ether oxygens (including phenoxy) is 1. The van der Waals surface area contributed by atoms with E-state index in [1.54, 1.807) is 6.08 Å². The van der Waals surface area contributed by atoms with Crippen molar-refractivity contribution < 1.29 is 14.3 Å². The highest BCUT2D eigenvalue weighted by Crippen LogP contribution is 2.32. The maximum atomic E-state index is 12.3. The summed E-state index contributed by atoms with van der Waals surface area (Å²) in [5.74, 6) is -0.153. The molecule has 4 heteroatoms. The van der Waals surface area contributed by atoms with E-state index in [9.17, 15) is 9.59 Å². The van der Waals surface area contributed by atoms with Crippen LogP contribution >= 0.6 is 0 Å². The highest BCUT2D eigenvalue weighted by molar-refractivity contribution is 5.94. The smallest absolute Gasteiger partial charge is 0.417 e. The van der Waals surface area contributed by atoms with Gasteiger partial charge in [0.2, 0.25) is 5.91 Å². The Bertz CT molecular complexity index is 378. The second kappa shape index (κ2) is 7.88. The number of amides is 2. The first kappa shape index (κ1) is 16.5. The van der Waals surface area contributed by atoms with Gasteiger partial charge in [-0.05, 0) is 25.7 Å². The molecular formula is C16H25NO3. The average Bonchev–Trinajstić information content (AvgIpc) is 2.77. The average molecular weight is 279 g/mol. The Hall–Kier alpha value is -1.58. The monoisotopic (exact) mass is 279 g/mol. The highest BCUT2D eigenvalue weighted by Gasteiger charge is 2.47. The summed E-state index contributed by atoms with van der Waals surface area (Å²) in [5, 5.41) is 0. The molecule has 0 radical (unpaired) electrons. The largest absolute Gasteiger partial charge is 0.446 e. The fraction of sp³-hybridized carbons (Fsp3) is 0.625. The maximum absolute atomic E-state index is 12.3. The molecule has 1 atom stereocenters. The van der Waals surface area contributed by atoms with Crippen LogP contribution in [0.15, 0.2) is 25.3 Å². The van der Waals surface area contributed by atoms with Gasteiger partial charge in [-0.2, -0.15) is 0 Å². The van der Waals surface area contributed by atoms with E-state index in [4.69, 9.17) is 4.74 Å². The number of carbonyl (C=O) groups is 2. The molecule has 0 aliphatic carbocycles. The predicted octanol–water partition coefficient (Wildman–Crippen LogP) is 3.83. The van der Waals surface area contributed by atoms with Gasteiger partial charge in [-0.1, -0.05) is 31.9 Å². The van der Waals surface area contributed by atoms with Crippen LogP contribution in [0.3, 0.4) is 0 Å². The minimum Gasteiger partial charge on any atom is -0.446 e. The number of imide groups is 1. The molecule has 1 aliphatic heterocycles. The van der Waals surface area contributed by atoms with Crippen molar-refractivity contribution in [3.8, 4) is 0 Å². The lowest BCUT2D eigenvalue weighted by Crippen LogP contribution is -2.49. The summed E-state index contributed by atoms with van der Waals surface area (Å²) in [6, 6.07) is 0. The van der Waals surface area contributed by atoms with Crippen molar-refractivity contribution in [1.29, 1.82) is 0 Å². The SMILES string of the molecule is C=CCCCC1(C=C)COC(=O)N1C(=O)CCCCC. The standard InChI is InChI=1S/C16H25NO3/c1-4-7-9-11-14(18)17-15(19)20-13-16(17,6-3)12-10-8-5-2/h5-6H,2-4,7-13H2,1H3. The molecule has 4 nitrogen and oxygen atoms in total. The van der Waals surface area contributed by atoms with Gasteiger partial charge in [0.25, 0.3) is 0 Å². The van der Waals surface area contributed by atoms with Crippen molar-refractivity contribution in [2.24, 2.45) is 0 Å². The molecule has 0 spiro atoms. The molecule has 0 bridgehead atoms. The minimum atomic E-state index is -0.677. The molecule has 0 aromatic carbocycles. The fourth-order valence-electron chi connectivity index (χ4n) is 2.47. The normalized spacial score (nSPS) is 21.6. The van der Waals surface area contributed by atoms with Crippen LogP contribution in [0.1, 0.15) is 51.9 Å². The summed E-state index contributed by atoms with van der Waals surface area (Å²) in [7, 11) is 0. The van der Waals surface area contributed by atoms with Gasteiger partial charge in [-0.25, -0.2) is 9.69 Å². The lowest BCUT2D eigenvalue weighted by atomic mass is 9.92. The third-order valence-corrected chi connectivity index (χ3v) is 3.71. The fourth-order valence-corrected chi connectivity index (χ4v) is 2.47. The molecule has 112 valence electrons. The molecule has 1 rings (SSSR count). The zero-order valence-electron chi connectivity index (χ0n) is 12.4. The van der Waals surface area contributed by atoms with Crippen molar-refractivity contribution in [2.45, 2.75) is 57.4 Å². The molecule has 2 amide bonds. The molecule has 1 fully saturated rings. The summed E-state index contributed by atoms with van der Waals surface area (Å²) in [6.45, 7) is 9.79. The Morgan fingerprint density at radius 1 is 1.40 bits per heavy atom. The third kappa shape index (κ3) is 3.71. The number of hydrogen-bond acceptors (Lipinski definition) is 3. The Balaban J connectivity index is 2.75. The van der Waals surface area contributed by atoms with Crippen LogP contribution in [0.2, 0.25) is 0 Å². The first-order valence-electron chi connectivity index (χ1n) is 7.35. The molecule has 1 heterocycles. The van der Waals surface area contributed by atoms with Gasteiger partial charge in [-0.15, -0.1) is 13.2 Å². The molecule has 0 aromatic rings. The van der Waals surface area contributed by atoms with E-state index in [-0.39, 0.29) is 12.5 Å². The second-order valence-electron chi connectivity index (χ2n) is 5.23. The van der Waals surface area contributed by atoms with E-state index in [1.807, 2.05) is 6.08 Å². The maximum Gasteiger partial charge on any atom is 0.417 e. The van der Waals surface area contributed by atoms with Gasteiger partial charge in [0.05, 0.1) is 0 Å². The summed E-state index contributed by atoms with van der Waals surface area (Å²) < 4.78 is 5.10. The number of unbranched alkanes of at least 4 members (excludes halogenated alkanes) is 3. The van der Waals surface area contributed by atoms with E-state index in [1.165, 1.54) is 4.90 Å². The third-order valence-electron chi connectivity index (χ3n) is 3.71. The number of allylic oxidation sites excluding steroid dienone is 1. The van der Waals surface area contributed by atoms with E-state index >= 15 is 0 Å². The molecule has 0 N–H and O–H groups in total. The number of hydrogen-bond donors (Lipinski definition) is 0. The van der Waals surface area contributed by atoms with Crippen LogP contribution in [0.25, 0.3) is 0 Å². The van der Waals surface area contributed by atoms with Crippen molar-refractivity contribution in [2.75, 3.05) is 6.61 Å². The Labute approximate surface area is 121 Å². The van der Waals surface area contributed by atoms with Crippen LogP contribution < -0.4 is 0 Å². The van der Waals surface area contributed by atoms with Crippen molar-refractivity contribution in [1.82, 2.24) is 4.90 Å². The second-order valence-corrected chi connectivity index (χ2v) is 5.23. The van der Waals surface area contributed by atoms with E-state index < -0.39 is 11.6 Å². The lowest BCUT2D eigenvalue weighted by Gasteiger charge is -2.31. The van der Waals surface area contributed by atoms with Gasteiger partial charge in [-0.3, -0.25) is 4.79 Å². The Morgan fingerprint density at radius 2 is 2.15 bits per heavy atom. The van der Waals surface area contributed by atoms with Gasteiger partial charge >= 0.3 is 6.09 Å². The minimum absolute atomic E-state index is 0.153. The number of rotatable bonds is 9. The number of carbonyl (C=O) groups excluding carboxylic acids is 2. The van der Waals surface area contributed by atoms with Crippen molar-refractivity contribution >= 4 is 12.0 Å². The first-order valence-corrected chi connectivity index (χ1v) is 7.35. The van der Waals surface area contributed by atoms with Crippen LogP contribution in [0.4, 0.5) is 4.79 Å². The van der Waals surface area contributed by atoms with Gasteiger partial charge in [0.1, 0.15) is 12.1 Å². The molecule has 20 heavy (non-hydrogen) atoms. The molecule has 1 saturated heterocycles. The molecule has 1 unspecified atom stereocenters. The first-order chi connectivity index (χ1) is 9.61. The predicted molar refractivity (Wildman–Crippen MR) is 79.3 cm³/mol. The van der Waals surface area contributed by atoms with Gasteiger partial charge in [0.15, 0.2) is 0 Å². The van der Waals surface area contributed by atoms with Crippen LogP contribution in [0, 0.1) is 0 Å². The van der Waals surface area contributed by atoms with Crippen molar-refractivity contribution in [3.63, 3.8) is 0 Å². The van der Waals surface area contributed by atoms with Crippen molar-refractivity contribution in [3.05, 3.63) is 25.3 Å². The molecular weight excluding hydrogens is 254 g/mol.